The fraction of sp³-hybridized carbons (Fsp3) is 0.588. The van der Waals surface area contributed by atoms with E-state index in [1.54, 1.807) is 0 Å². The maximum atomic E-state index is 12.9. The number of nitrogens with zero attached hydrogens (tertiary/aromatic N) is 1. The van der Waals surface area contributed by atoms with E-state index < -0.39 is 5.41 Å². The summed E-state index contributed by atoms with van der Waals surface area (Å²) in [7, 11) is 0. The second kappa shape index (κ2) is 5.47. The molecule has 1 heterocycles. The van der Waals surface area contributed by atoms with Crippen LogP contribution in [0.1, 0.15) is 46.1 Å². The van der Waals surface area contributed by atoms with Crippen LogP contribution in [0.25, 0.3) is 0 Å². The van der Waals surface area contributed by atoms with E-state index in [0.29, 0.717) is 12.0 Å². The molecule has 2 N–H and O–H groups in total. The third kappa shape index (κ3) is 2.82. The molecule has 1 amide bonds. The molecule has 0 bridgehead atoms. The molecule has 3 nitrogen and oxygen atoms in total. The predicted molar refractivity (Wildman–Crippen MR) is 83.5 cm³/mol. The maximum absolute atomic E-state index is 12.9. The van der Waals surface area contributed by atoms with Crippen LogP contribution < -0.4 is 5.73 Å². The number of nitrogen functional groups attached to an aromatic ring is 1. The van der Waals surface area contributed by atoms with Crippen molar-refractivity contribution in [2.75, 3.05) is 12.3 Å². The summed E-state index contributed by atoms with van der Waals surface area (Å²) in [4.78, 5) is 15.0. The molecular formula is C17H26N2O. The van der Waals surface area contributed by atoms with Crippen LogP contribution in [0.4, 0.5) is 5.69 Å². The molecule has 110 valence electrons. The van der Waals surface area contributed by atoms with Gasteiger partial charge in [0.25, 0.3) is 0 Å². The van der Waals surface area contributed by atoms with Crippen LogP contribution in [0.15, 0.2) is 24.3 Å². The van der Waals surface area contributed by atoms with Crippen molar-refractivity contribution in [3.8, 4) is 0 Å². The van der Waals surface area contributed by atoms with Gasteiger partial charge in [0.1, 0.15) is 0 Å². The van der Waals surface area contributed by atoms with E-state index in [9.17, 15) is 4.79 Å². The molecular weight excluding hydrogens is 248 g/mol. The summed E-state index contributed by atoms with van der Waals surface area (Å²) >= 11 is 0. The van der Waals surface area contributed by atoms with Gasteiger partial charge in [-0.15, -0.1) is 0 Å². The summed E-state index contributed by atoms with van der Waals surface area (Å²) in [6.45, 7) is 9.31. The highest BCUT2D eigenvalue weighted by molar-refractivity contribution is 5.87. The number of piperidine rings is 1. The number of carbonyl (C=O) groups excluding carboxylic acids is 1. The van der Waals surface area contributed by atoms with E-state index in [1.807, 2.05) is 38.1 Å². The second-order valence-electron chi connectivity index (χ2n) is 6.72. The van der Waals surface area contributed by atoms with Crippen LogP contribution in [0.5, 0.6) is 0 Å². The average molecular weight is 274 g/mol. The first-order chi connectivity index (χ1) is 9.32. The number of likely N-dealkylation sites (tertiary alicyclic amines) is 1. The lowest BCUT2D eigenvalue weighted by Gasteiger charge is -2.41. The molecule has 1 aliphatic heterocycles. The Labute approximate surface area is 122 Å². The molecule has 1 fully saturated rings. The Morgan fingerprint density at radius 1 is 1.25 bits per heavy atom. The highest BCUT2D eigenvalue weighted by Gasteiger charge is 2.37. The van der Waals surface area contributed by atoms with Gasteiger partial charge in [-0.1, -0.05) is 19.1 Å². The summed E-state index contributed by atoms with van der Waals surface area (Å²) in [5.41, 5.74) is 7.00. The molecule has 1 aliphatic rings. The standard InChI is InChI=1S/C17H26N2O/c1-12-9-10-19(13(2)11-12)16(20)17(3,4)14-5-7-15(18)8-6-14/h5-8,12-13H,9-11,18H2,1-4H3. The molecule has 0 radical (unpaired) electrons. The number of anilines is 1. The van der Waals surface area contributed by atoms with Crippen LogP contribution in [-0.2, 0) is 10.2 Å². The van der Waals surface area contributed by atoms with E-state index >= 15 is 0 Å². The van der Waals surface area contributed by atoms with Crippen molar-refractivity contribution in [3.63, 3.8) is 0 Å². The molecule has 0 aliphatic carbocycles. The van der Waals surface area contributed by atoms with Crippen molar-refractivity contribution in [1.82, 2.24) is 4.90 Å². The van der Waals surface area contributed by atoms with Gasteiger partial charge in [-0.3, -0.25) is 4.79 Å². The van der Waals surface area contributed by atoms with Gasteiger partial charge in [-0.05, 0) is 57.2 Å². The lowest BCUT2D eigenvalue weighted by Crippen LogP contribution is -2.50. The van der Waals surface area contributed by atoms with Gasteiger partial charge in [-0.2, -0.15) is 0 Å². The lowest BCUT2D eigenvalue weighted by atomic mass is 9.81. The topological polar surface area (TPSA) is 46.3 Å². The summed E-state index contributed by atoms with van der Waals surface area (Å²) < 4.78 is 0. The zero-order valence-electron chi connectivity index (χ0n) is 13.0. The highest BCUT2D eigenvalue weighted by Crippen LogP contribution is 2.31. The third-order valence-electron chi connectivity index (χ3n) is 4.57. The van der Waals surface area contributed by atoms with Crippen molar-refractivity contribution < 1.29 is 4.79 Å². The van der Waals surface area contributed by atoms with Gasteiger partial charge >= 0.3 is 0 Å². The Hall–Kier alpha value is -1.51. The van der Waals surface area contributed by atoms with Crippen LogP contribution in [0, 0.1) is 5.92 Å². The molecule has 0 saturated carbocycles. The number of nitrogens with two attached hydrogens (primary N) is 1. The number of carbonyl (C=O) groups is 1. The summed E-state index contributed by atoms with van der Waals surface area (Å²) in [6.07, 6.45) is 2.21. The normalized spacial score (nSPS) is 23.7. The van der Waals surface area contributed by atoms with Crippen molar-refractivity contribution in [2.24, 2.45) is 5.92 Å². The Balaban J connectivity index is 2.20. The largest absolute Gasteiger partial charge is 0.399 e. The maximum Gasteiger partial charge on any atom is 0.232 e. The second-order valence-corrected chi connectivity index (χ2v) is 6.72. The fourth-order valence-corrected chi connectivity index (χ4v) is 3.09. The summed E-state index contributed by atoms with van der Waals surface area (Å²) in [6, 6.07) is 7.99. The van der Waals surface area contributed by atoms with Gasteiger partial charge in [0.05, 0.1) is 5.41 Å². The van der Waals surface area contributed by atoms with Crippen LogP contribution in [0.2, 0.25) is 0 Å². The molecule has 2 atom stereocenters. The van der Waals surface area contributed by atoms with Crippen LogP contribution >= 0.6 is 0 Å². The number of rotatable bonds is 2. The van der Waals surface area contributed by atoms with Crippen molar-refractivity contribution in [1.29, 1.82) is 0 Å². The van der Waals surface area contributed by atoms with Crippen molar-refractivity contribution in [3.05, 3.63) is 29.8 Å². The predicted octanol–water partition coefficient (Wildman–Crippen LogP) is 3.19. The monoisotopic (exact) mass is 274 g/mol. The quantitative estimate of drug-likeness (QED) is 0.842. The number of benzene rings is 1. The van der Waals surface area contributed by atoms with Crippen molar-refractivity contribution >= 4 is 11.6 Å². The summed E-state index contributed by atoms with van der Waals surface area (Å²) in [5.74, 6) is 0.940. The van der Waals surface area contributed by atoms with Gasteiger partial charge in [0.15, 0.2) is 0 Å². The first kappa shape index (κ1) is 14.9. The van der Waals surface area contributed by atoms with Gasteiger partial charge < -0.3 is 10.6 Å². The van der Waals surface area contributed by atoms with E-state index in [0.717, 1.165) is 30.6 Å². The number of hydrogen-bond donors (Lipinski definition) is 1. The van der Waals surface area contributed by atoms with E-state index in [1.165, 1.54) is 0 Å². The number of hydrogen-bond acceptors (Lipinski definition) is 2. The van der Waals surface area contributed by atoms with Gasteiger partial charge in [0.2, 0.25) is 5.91 Å². The number of amides is 1. The van der Waals surface area contributed by atoms with Crippen molar-refractivity contribution in [2.45, 2.75) is 52.0 Å². The molecule has 20 heavy (non-hydrogen) atoms. The molecule has 1 aromatic rings. The Kier molecular flexibility index (Phi) is 4.07. The zero-order valence-corrected chi connectivity index (χ0v) is 13.0. The first-order valence-corrected chi connectivity index (χ1v) is 7.49. The minimum Gasteiger partial charge on any atom is -0.399 e. The van der Waals surface area contributed by atoms with Gasteiger partial charge in [-0.25, -0.2) is 0 Å². The molecule has 1 aromatic carbocycles. The van der Waals surface area contributed by atoms with Crippen LogP contribution in [-0.4, -0.2) is 23.4 Å². The Morgan fingerprint density at radius 3 is 2.40 bits per heavy atom. The molecule has 2 unspecified atom stereocenters. The Morgan fingerprint density at radius 2 is 1.85 bits per heavy atom. The molecule has 3 heteroatoms. The summed E-state index contributed by atoms with van der Waals surface area (Å²) in [5, 5.41) is 0. The highest BCUT2D eigenvalue weighted by atomic mass is 16.2. The zero-order chi connectivity index (χ0) is 14.9. The minimum absolute atomic E-state index is 0.224. The van der Waals surface area contributed by atoms with E-state index in [-0.39, 0.29) is 5.91 Å². The first-order valence-electron chi connectivity index (χ1n) is 7.49. The molecule has 2 rings (SSSR count). The van der Waals surface area contributed by atoms with Gasteiger partial charge in [0, 0.05) is 18.3 Å². The smallest absolute Gasteiger partial charge is 0.232 e. The van der Waals surface area contributed by atoms with Crippen LogP contribution in [0.3, 0.4) is 0 Å². The molecule has 1 saturated heterocycles. The lowest BCUT2D eigenvalue weighted by molar-refractivity contribution is -0.140. The third-order valence-corrected chi connectivity index (χ3v) is 4.57. The Bertz CT molecular complexity index is 478. The molecule has 0 aromatic heterocycles. The minimum atomic E-state index is -0.497. The van der Waals surface area contributed by atoms with E-state index in [4.69, 9.17) is 5.73 Å². The SMILES string of the molecule is CC1CCN(C(=O)C(C)(C)c2ccc(N)cc2)C(C)C1. The molecule has 0 spiro atoms. The average Bonchev–Trinajstić information content (AvgIpc) is 2.38. The fourth-order valence-electron chi connectivity index (χ4n) is 3.09. The van der Waals surface area contributed by atoms with E-state index in [2.05, 4.69) is 18.7 Å².